The molecule has 20 heavy (non-hydrogen) atoms. The van der Waals surface area contributed by atoms with Gasteiger partial charge < -0.3 is 10.0 Å². The van der Waals surface area contributed by atoms with Gasteiger partial charge in [-0.3, -0.25) is 0 Å². The molecule has 1 atom stereocenters. The van der Waals surface area contributed by atoms with Crippen LogP contribution in [0.2, 0.25) is 5.02 Å². The van der Waals surface area contributed by atoms with Gasteiger partial charge in [0.05, 0.1) is 6.10 Å². The minimum Gasteiger partial charge on any atom is -0.389 e. The Labute approximate surface area is 125 Å². The van der Waals surface area contributed by atoms with Crippen molar-refractivity contribution in [2.45, 2.75) is 26.9 Å². The average molecular weight is 290 g/mol. The normalized spacial score (nSPS) is 12.2. The molecule has 0 aliphatic carbocycles. The molecular formula is C17H20ClNO. The van der Waals surface area contributed by atoms with Gasteiger partial charge in [0, 0.05) is 22.9 Å². The highest BCUT2D eigenvalue weighted by Crippen LogP contribution is 2.31. The molecule has 106 valence electrons. The van der Waals surface area contributed by atoms with E-state index in [0.29, 0.717) is 5.02 Å². The van der Waals surface area contributed by atoms with Crippen LogP contribution in [-0.2, 0) is 0 Å². The molecule has 0 spiro atoms. The number of aliphatic hydroxyl groups excluding tert-OH is 1. The van der Waals surface area contributed by atoms with Gasteiger partial charge in [-0.1, -0.05) is 29.8 Å². The number of hydrogen-bond acceptors (Lipinski definition) is 2. The van der Waals surface area contributed by atoms with E-state index in [9.17, 15) is 5.11 Å². The molecule has 2 aromatic carbocycles. The first-order chi connectivity index (χ1) is 9.52. The first kappa shape index (κ1) is 14.9. The van der Waals surface area contributed by atoms with E-state index in [-0.39, 0.29) is 0 Å². The lowest BCUT2D eigenvalue weighted by atomic mass is 10.1. The van der Waals surface area contributed by atoms with Gasteiger partial charge in [-0.05, 0) is 56.2 Å². The van der Waals surface area contributed by atoms with Gasteiger partial charge in [0.15, 0.2) is 0 Å². The molecule has 1 unspecified atom stereocenters. The van der Waals surface area contributed by atoms with Crippen molar-refractivity contribution in [1.29, 1.82) is 0 Å². The van der Waals surface area contributed by atoms with Crippen molar-refractivity contribution >= 4 is 23.0 Å². The van der Waals surface area contributed by atoms with Crippen molar-refractivity contribution < 1.29 is 5.11 Å². The third-order valence-corrected chi connectivity index (χ3v) is 3.70. The summed E-state index contributed by atoms with van der Waals surface area (Å²) in [5.41, 5.74) is 4.17. The largest absolute Gasteiger partial charge is 0.389 e. The van der Waals surface area contributed by atoms with Gasteiger partial charge >= 0.3 is 0 Å². The van der Waals surface area contributed by atoms with Crippen LogP contribution in [0.15, 0.2) is 42.5 Å². The van der Waals surface area contributed by atoms with Gasteiger partial charge in [-0.15, -0.1) is 0 Å². The fourth-order valence-corrected chi connectivity index (χ4v) is 2.67. The lowest BCUT2D eigenvalue weighted by Crippen LogP contribution is -2.16. The molecule has 0 aromatic heterocycles. The monoisotopic (exact) mass is 289 g/mol. The molecule has 0 radical (unpaired) electrons. The highest BCUT2D eigenvalue weighted by Gasteiger charge is 2.12. The molecule has 2 rings (SSSR count). The van der Waals surface area contributed by atoms with Crippen LogP contribution in [0.5, 0.6) is 0 Å². The maximum atomic E-state index is 9.65. The van der Waals surface area contributed by atoms with Gasteiger partial charge in [-0.2, -0.15) is 0 Å². The van der Waals surface area contributed by atoms with Crippen molar-refractivity contribution in [3.8, 4) is 0 Å². The molecule has 0 saturated heterocycles. The molecule has 0 bridgehead atoms. The molecule has 0 amide bonds. The van der Waals surface area contributed by atoms with Crippen LogP contribution >= 0.6 is 11.6 Å². The van der Waals surface area contributed by atoms with Crippen molar-refractivity contribution in [2.75, 3.05) is 11.4 Å². The Bertz CT molecular complexity index is 595. The highest BCUT2D eigenvalue weighted by molar-refractivity contribution is 6.31. The van der Waals surface area contributed by atoms with Crippen LogP contribution < -0.4 is 4.90 Å². The third kappa shape index (κ3) is 3.14. The van der Waals surface area contributed by atoms with E-state index >= 15 is 0 Å². The Kier molecular flexibility index (Phi) is 4.69. The Morgan fingerprint density at radius 3 is 2.40 bits per heavy atom. The number of aliphatic hydroxyl groups is 1. The molecule has 0 aliphatic heterocycles. The van der Waals surface area contributed by atoms with E-state index in [1.165, 1.54) is 5.56 Å². The van der Waals surface area contributed by atoms with Crippen molar-refractivity contribution in [3.05, 3.63) is 58.6 Å². The molecule has 2 nitrogen and oxygen atoms in total. The Hall–Kier alpha value is -1.51. The second-order valence-electron chi connectivity index (χ2n) is 4.97. The van der Waals surface area contributed by atoms with Gasteiger partial charge in [0.25, 0.3) is 0 Å². The number of aryl methyl sites for hydroxylation is 1. The second kappa shape index (κ2) is 6.29. The fraction of sp³-hybridized carbons (Fsp3) is 0.294. The zero-order valence-electron chi connectivity index (χ0n) is 12.1. The summed E-state index contributed by atoms with van der Waals surface area (Å²) in [7, 11) is 0. The maximum Gasteiger partial charge on any atom is 0.0776 e. The van der Waals surface area contributed by atoms with E-state index in [1.54, 1.807) is 6.92 Å². The molecule has 0 aliphatic rings. The molecule has 3 heteroatoms. The van der Waals surface area contributed by atoms with E-state index in [0.717, 1.165) is 23.5 Å². The zero-order chi connectivity index (χ0) is 14.7. The first-order valence-electron chi connectivity index (χ1n) is 6.84. The van der Waals surface area contributed by atoms with Crippen LogP contribution in [-0.4, -0.2) is 11.7 Å². The van der Waals surface area contributed by atoms with E-state index in [2.05, 4.69) is 43.0 Å². The van der Waals surface area contributed by atoms with E-state index < -0.39 is 6.10 Å². The Morgan fingerprint density at radius 2 is 1.85 bits per heavy atom. The molecule has 0 fully saturated rings. The van der Waals surface area contributed by atoms with E-state index in [1.807, 2.05) is 18.2 Å². The van der Waals surface area contributed by atoms with Gasteiger partial charge in [0.1, 0.15) is 0 Å². The molecule has 0 heterocycles. The zero-order valence-corrected chi connectivity index (χ0v) is 12.9. The Morgan fingerprint density at radius 1 is 1.15 bits per heavy atom. The first-order valence-corrected chi connectivity index (χ1v) is 7.22. The summed E-state index contributed by atoms with van der Waals surface area (Å²) < 4.78 is 0. The number of hydrogen-bond donors (Lipinski definition) is 1. The third-order valence-electron chi connectivity index (χ3n) is 3.38. The average Bonchev–Trinajstić information content (AvgIpc) is 2.39. The topological polar surface area (TPSA) is 23.5 Å². The number of anilines is 2. The lowest BCUT2D eigenvalue weighted by Gasteiger charge is -2.24. The fourth-order valence-electron chi connectivity index (χ4n) is 2.33. The minimum atomic E-state index is -0.550. The van der Waals surface area contributed by atoms with Crippen molar-refractivity contribution in [2.24, 2.45) is 0 Å². The quantitative estimate of drug-likeness (QED) is 0.869. The summed E-state index contributed by atoms with van der Waals surface area (Å²) in [6.45, 7) is 6.77. The maximum absolute atomic E-state index is 9.65. The lowest BCUT2D eigenvalue weighted by molar-refractivity contribution is 0.199. The van der Waals surface area contributed by atoms with Crippen LogP contribution in [0.4, 0.5) is 11.4 Å². The number of nitrogens with zero attached hydrogens (tertiary/aromatic N) is 1. The minimum absolute atomic E-state index is 0.550. The summed E-state index contributed by atoms with van der Waals surface area (Å²) >= 11 is 6.26. The molecular weight excluding hydrogens is 270 g/mol. The molecule has 1 N–H and O–H groups in total. The SMILES string of the molecule is CCN(c1cccc(C)c1)c1ccc(C(C)O)c(Cl)c1. The second-order valence-corrected chi connectivity index (χ2v) is 5.37. The summed E-state index contributed by atoms with van der Waals surface area (Å²) in [6, 6.07) is 14.2. The van der Waals surface area contributed by atoms with Crippen LogP contribution in [0.25, 0.3) is 0 Å². The molecule has 2 aromatic rings. The van der Waals surface area contributed by atoms with Crippen molar-refractivity contribution in [1.82, 2.24) is 0 Å². The van der Waals surface area contributed by atoms with Gasteiger partial charge in [-0.25, -0.2) is 0 Å². The van der Waals surface area contributed by atoms with E-state index in [4.69, 9.17) is 11.6 Å². The standard InChI is InChI=1S/C17H20ClNO/c1-4-19(14-7-5-6-12(2)10-14)15-8-9-16(13(3)20)17(18)11-15/h5-11,13,20H,4H2,1-3H3. The summed E-state index contributed by atoms with van der Waals surface area (Å²) in [4.78, 5) is 2.20. The smallest absolute Gasteiger partial charge is 0.0776 e. The van der Waals surface area contributed by atoms with Crippen LogP contribution in [0.1, 0.15) is 31.1 Å². The van der Waals surface area contributed by atoms with Crippen LogP contribution in [0, 0.1) is 6.92 Å². The predicted octanol–water partition coefficient (Wildman–Crippen LogP) is 4.86. The highest BCUT2D eigenvalue weighted by atomic mass is 35.5. The van der Waals surface area contributed by atoms with Gasteiger partial charge in [0.2, 0.25) is 0 Å². The Balaban J connectivity index is 2.40. The molecule has 0 saturated carbocycles. The number of benzene rings is 2. The summed E-state index contributed by atoms with van der Waals surface area (Å²) in [6.07, 6.45) is -0.550. The number of halogens is 1. The summed E-state index contributed by atoms with van der Waals surface area (Å²) in [5, 5.41) is 10.2. The summed E-state index contributed by atoms with van der Waals surface area (Å²) in [5.74, 6) is 0. The number of rotatable bonds is 4. The van der Waals surface area contributed by atoms with Crippen molar-refractivity contribution in [3.63, 3.8) is 0 Å². The predicted molar refractivity (Wildman–Crippen MR) is 85.9 cm³/mol. The van der Waals surface area contributed by atoms with Crippen LogP contribution in [0.3, 0.4) is 0 Å².